The largest absolute Gasteiger partial charge is 0.506 e. The molecule has 0 saturated carbocycles. The maximum Gasteiger partial charge on any atom is 0.311 e. The standard InChI is InChI=1S/C12H12BrNO4/c1-18-12(17)7-4-11(16)14(6-7)9-3-2-8(13)5-10(9)15/h2-3,5,7,15H,4,6H2,1H3. The molecule has 1 N–H and O–H groups in total. The number of carbonyl (C=O) groups excluding carboxylic acids is 2. The average Bonchev–Trinajstić information content (AvgIpc) is 2.70. The van der Waals surface area contributed by atoms with Gasteiger partial charge in [0.25, 0.3) is 0 Å². The molecule has 1 aromatic carbocycles. The van der Waals surface area contributed by atoms with Crippen LogP contribution in [0, 0.1) is 5.92 Å². The van der Waals surface area contributed by atoms with Gasteiger partial charge in [-0.1, -0.05) is 15.9 Å². The zero-order valence-electron chi connectivity index (χ0n) is 9.72. The lowest BCUT2D eigenvalue weighted by Crippen LogP contribution is -2.26. The van der Waals surface area contributed by atoms with Gasteiger partial charge in [0.2, 0.25) is 5.91 Å². The minimum Gasteiger partial charge on any atom is -0.506 e. The van der Waals surface area contributed by atoms with Crippen molar-refractivity contribution in [3.8, 4) is 5.75 Å². The molecule has 1 heterocycles. The highest BCUT2D eigenvalue weighted by Gasteiger charge is 2.36. The molecule has 1 fully saturated rings. The summed E-state index contributed by atoms with van der Waals surface area (Å²) in [6.07, 6.45) is 0.113. The Kier molecular flexibility index (Phi) is 3.56. The molecule has 0 spiro atoms. The first-order valence-electron chi connectivity index (χ1n) is 5.39. The summed E-state index contributed by atoms with van der Waals surface area (Å²) in [7, 11) is 1.30. The highest BCUT2D eigenvalue weighted by Crippen LogP contribution is 2.34. The van der Waals surface area contributed by atoms with Gasteiger partial charge < -0.3 is 14.7 Å². The number of esters is 1. The van der Waals surface area contributed by atoms with E-state index in [1.165, 1.54) is 18.1 Å². The van der Waals surface area contributed by atoms with Crippen molar-refractivity contribution in [2.45, 2.75) is 6.42 Å². The Morgan fingerprint density at radius 3 is 2.89 bits per heavy atom. The van der Waals surface area contributed by atoms with Crippen molar-refractivity contribution in [3.05, 3.63) is 22.7 Å². The van der Waals surface area contributed by atoms with Gasteiger partial charge in [-0.3, -0.25) is 9.59 Å². The first kappa shape index (κ1) is 12.9. The van der Waals surface area contributed by atoms with E-state index < -0.39 is 11.9 Å². The van der Waals surface area contributed by atoms with E-state index in [1.807, 2.05) is 0 Å². The van der Waals surface area contributed by atoms with E-state index in [0.29, 0.717) is 5.69 Å². The molecule has 0 radical (unpaired) electrons. The number of phenols is 1. The lowest BCUT2D eigenvalue weighted by atomic mass is 10.1. The zero-order valence-corrected chi connectivity index (χ0v) is 11.3. The third-order valence-corrected chi connectivity index (χ3v) is 3.38. The van der Waals surface area contributed by atoms with Crippen LogP contribution >= 0.6 is 15.9 Å². The molecule has 6 heteroatoms. The zero-order chi connectivity index (χ0) is 13.3. The van der Waals surface area contributed by atoms with E-state index in [4.69, 9.17) is 0 Å². The molecule has 1 aromatic rings. The van der Waals surface area contributed by atoms with Crippen LogP contribution < -0.4 is 4.90 Å². The molecule has 1 amide bonds. The van der Waals surface area contributed by atoms with E-state index in [-0.39, 0.29) is 24.6 Å². The highest BCUT2D eigenvalue weighted by atomic mass is 79.9. The van der Waals surface area contributed by atoms with Gasteiger partial charge in [-0.15, -0.1) is 0 Å². The molecule has 5 nitrogen and oxygen atoms in total. The van der Waals surface area contributed by atoms with E-state index in [2.05, 4.69) is 20.7 Å². The van der Waals surface area contributed by atoms with Crippen LogP contribution in [0.2, 0.25) is 0 Å². The lowest BCUT2D eigenvalue weighted by molar-refractivity contribution is -0.145. The summed E-state index contributed by atoms with van der Waals surface area (Å²) in [5, 5.41) is 9.81. The topological polar surface area (TPSA) is 66.8 Å². The number of hydrogen-bond acceptors (Lipinski definition) is 4. The van der Waals surface area contributed by atoms with Gasteiger partial charge in [0.05, 0.1) is 18.7 Å². The van der Waals surface area contributed by atoms with Crippen LogP contribution in [0.5, 0.6) is 5.75 Å². The van der Waals surface area contributed by atoms with Crippen molar-refractivity contribution in [1.29, 1.82) is 0 Å². The normalized spacial score (nSPS) is 19.1. The Labute approximate surface area is 112 Å². The monoisotopic (exact) mass is 313 g/mol. The molecular weight excluding hydrogens is 302 g/mol. The van der Waals surface area contributed by atoms with Crippen molar-refractivity contribution in [2.24, 2.45) is 5.92 Å². The number of hydrogen-bond donors (Lipinski definition) is 1. The molecule has 1 atom stereocenters. The van der Waals surface area contributed by atoms with Gasteiger partial charge >= 0.3 is 5.97 Å². The molecule has 2 rings (SSSR count). The summed E-state index contributed by atoms with van der Waals surface area (Å²) in [6, 6.07) is 4.87. The quantitative estimate of drug-likeness (QED) is 0.844. The van der Waals surface area contributed by atoms with E-state index in [1.54, 1.807) is 12.1 Å². The first-order chi connectivity index (χ1) is 8.52. The second kappa shape index (κ2) is 4.97. The molecule has 1 unspecified atom stereocenters. The first-order valence-corrected chi connectivity index (χ1v) is 6.19. The summed E-state index contributed by atoms with van der Waals surface area (Å²) in [5.74, 6) is -1.06. The van der Waals surface area contributed by atoms with Crippen molar-refractivity contribution in [2.75, 3.05) is 18.6 Å². The molecule has 0 aliphatic carbocycles. The predicted octanol–water partition coefficient (Wildman–Crippen LogP) is 1.68. The predicted molar refractivity (Wildman–Crippen MR) is 68.3 cm³/mol. The average molecular weight is 314 g/mol. The Morgan fingerprint density at radius 2 is 2.28 bits per heavy atom. The summed E-state index contributed by atoms with van der Waals surface area (Å²) in [4.78, 5) is 24.6. The van der Waals surface area contributed by atoms with E-state index in [9.17, 15) is 14.7 Å². The molecule has 1 saturated heterocycles. The fourth-order valence-electron chi connectivity index (χ4n) is 1.99. The van der Waals surface area contributed by atoms with Gasteiger partial charge in [0.1, 0.15) is 5.75 Å². The molecule has 96 valence electrons. The van der Waals surface area contributed by atoms with Crippen LogP contribution in [0.4, 0.5) is 5.69 Å². The van der Waals surface area contributed by atoms with Gasteiger partial charge in [0, 0.05) is 17.4 Å². The molecular formula is C12H12BrNO4. The Balaban J connectivity index is 2.24. The van der Waals surface area contributed by atoms with Crippen LogP contribution in [-0.4, -0.2) is 30.6 Å². The SMILES string of the molecule is COC(=O)C1CC(=O)N(c2ccc(Br)cc2O)C1. The molecule has 18 heavy (non-hydrogen) atoms. The van der Waals surface area contributed by atoms with Gasteiger partial charge in [0.15, 0.2) is 0 Å². The third kappa shape index (κ3) is 2.33. The van der Waals surface area contributed by atoms with Crippen molar-refractivity contribution < 1.29 is 19.4 Å². The van der Waals surface area contributed by atoms with Crippen LogP contribution in [0.25, 0.3) is 0 Å². The number of benzene rings is 1. The van der Waals surface area contributed by atoms with Crippen LogP contribution in [-0.2, 0) is 14.3 Å². The maximum absolute atomic E-state index is 11.8. The van der Waals surface area contributed by atoms with E-state index >= 15 is 0 Å². The van der Waals surface area contributed by atoms with Gasteiger partial charge in [-0.2, -0.15) is 0 Å². The number of rotatable bonds is 2. The van der Waals surface area contributed by atoms with Crippen molar-refractivity contribution >= 4 is 33.5 Å². The molecule has 0 bridgehead atoms. The van der Waals surface area contributed by atoms with E-state index in [0.717, 1.165) is 4.47 Å². The van der Waals surface area contributed by atoms with Crippen molar-refractivity contribution in [3.63, 3.8) is 0 Å². The second-order valence-corrected chi connectivity index (χ2v) is 4.98. The number of phenolic OH excluding ortho intramolecular Hbond substituents is 1. The second-order valence-electron chi connectivity index (χ2n) is 4.06. The fourth-order valence-corrected chi connectivity index (χ4v) is 2.34. The number of amides is 1. The Morgan fingerprint density at radius 1 is 1.56 bits per heavy atom. The van der Waals surface area contributed by atoms with Crippen molar-refractivity contribution in [1.82, 2.24) is 0 Å². The number of methoxy groups -OCH3 is 1. The summed E-state index contributed by atoms with van der Waals surface area (Å²) >= 11 is 3.23. The number of halogens is 1. The highest BCUT2D eigenvalue weighted by molar-refractivity contribution is 9.10. The van der Waals surface area contributed by atoms with Crippen LogP contribution in [0.15, 0.2) is 22.7 Å². The minimum atomic E-state index is -0.467. The number of carbonyl (C=O) groups is 2. The Bertz CT molecular complexity index is 503. The number of anilines is 1. The lowest BCUT2D eigenvalue weighted by Gasteiger charge is -2.17. The molecule has 1 aliphatic heterocycles. The summed E-state index contributed by atoms with van der Waals surface area (Å²) in [5.41, 5.74) is 0.412. The number of ether oxygens (including phenoxy) is 1. The number of nitrogens with zero attached hydrogens (tertiary/aromatic N) is 1. The summed E-state index contributed by atoms with van der Waals surface area (Å²) in [6.45, 7) is 0.237. The molecule has 0 aromatic heterocycles. The molecule has 1 aliphatic rings. The maximum atomic E-state index is 11.8. The smallest absolute Gasteiger partial charge is 0.311 e. The third-order valence-electron chi connectivity index (χ3n) is 2.89. The van der Waals surface area contributed by atoms with Gasteiger partial charge in [-0.05, 0) is 18.2 Å². The number of aromatic hydroxyl groups is 1. The Hall–Kier alpha value is -1.56. The summed E-state index contributed by atoms with van der Waals surface area (Å²) < 4.78 is 5.35. The fraction of sp³-hybridized carbons (Fsp3) is 0.333. The van der Waals surface area contributed by atoms with Crippen LogP contribution in [0.1, 0.15) is 6.42 Å². The minimum absolute atomic E-state index is 0.00300. The van der Waals surface area contributed by atoms with Crippen LogP contribution in [0.3, 0.4) is 0 Å². The van der Waals surface area contributed by atoms with Gasteiger partial charge in [-0.25, -0.2) is 0 Å².